The van der Waals surface area contributed by atoms with Crippen molar-refractivity contribution in [1.29, 1.82) is 0 Å². The molecule has 0 unspecified atom stereocenters. The maximum Gasteiger partial charge on any atom is 0.632 e. The van der Waals surface area contributed by atoms with E-state index in [-0.39, 0.29) is 18.0 Å². The number of non-ortho nitro benzene ring substituents is 1. The van der Waals surface area contributed by atoms with Crippen LogP contribution in [-0.2, 0) is 11.3 Å². The Morgan fingerprint density at radius 2 is 1.71 bits per heavy atom. The number of nitro groups is 1. The molecule has 31 heavy (non-hydrogen) atoms. The maximum absolute atomic E-state index is 11.8. The molecule has 0 bridgehead atoms. The highest BCUT2D eigenvalue weighted by Gasteiger charge is 2.34. The minimum absolute atomic E-state index is 0.0264. The third-order valence-electron chi connectivity index (χ3n) is 4.43. The van der Waals surface area contributed by atoms with Crippen LogP contribution in [0.2, 0.25) is 0 Å². The third kappa shape index (κ3) is 4.64. The fourth-order valence-electron chi connectivity index (χ4n) is 2.85. The summed E-state index contributed by atoms with van der Waals surface area (Å²) in [6, 6.07) is 17.1. The molecule has 9 nitrogen and oxygen atoms in total. The summed E-state index contributed by atoms with van der Waals surface area (Å²) in [6.07, 6.45) is -0.194. The van der Waals surface area contributed by atoms with E-state index >= 15 is 0 Å². The van der Waals surface area contributed by atoms with Crippen molar-refractivity contribution in [2.75, 3.05) is 0 Å². The van der Waals surface area contributed by atoms with Gasteiger partial charge in [0.2, 0.25) is 0 Å². The molecule has 4 rings (SSSR count). The van der Waals surface area contributed by atoms with E-state index in [2.05, 4.69) is 0 Å². The van der Waals surface area contributed by atoms with E-state index in [1.165, 1.54) is 24.3 Å². The molecule has 0 amide bonds. The van der Waals surface area contributed by atoms with Gasteiger partial charge >= 0.3 is 13.3 Å². The van der Waals surface area contributed by atoms with E-state index in [1.807, 2.05) is 0 Å². The first-order valence-electron chi connectivity index (χ1n) is 9.12. The molecule has 0 radical (unpaired) electrons. The van der Waals surface area contributed by atoms with Crippen LogP contribution in [0.1, 0.15) is 15.9 Å². The van der Waals surface area contributed by atoms with E-state index in [1.54, 1.807) is 42.5 Å². The molecule has 1 aliphatic rings. The molecular formula is C21H14BNO8. The number of carbonyl (C=O) groups excluding carboxylic acids is 2. The molecule has 1 aliphatic heterocycles. The lowest BCUT2D eigenvalue weighted by Gasteiger charge is -2.08. The fraction of sp³-hybridized carbons (Fsp3) is 0.0476. The topological polar surface area (TPSA) is 114 Å². The Balaban J connectivity index is 1.30. The highest BCUT2D eigenvalue weighted by Crippen LogP contribution is 2.33. The lowest BCUT2D eigenvalue weighted by atomic mass is 9.79. The van der Waals surface area contributed by atoms with Gasteiger partial charge in [0, 0.05) is 23.2 Å². The van der Waals surface area contributed by atoms with Crippen LogP contribution in [0.3, 0.4) is 0 Å². The number of nitro benzene ring substituents is 1. The molecule has 3 aromatic carbocycles. The number of ether oxygens (including phenoxy) is 2. The molecule has 3 aromatic rings. The molecule has 1 heterocycles. The van der Waals surface area contributed by atoms with Crippen molar-refractivity contribution in [3.63, 3.8) is 0 Å². The number of nitrogens with zero attached hydrogens (tertiary/aromatic N) is 1. The summed E-state index contributed by atoms with van der Waals surface area (Å²) in [4.78, 5) is 32.8. The van der Waals surface area contributed by atoms with Gasteiger partial charge in [-0.25, -0.2) is 4.79 Å². The zero-order valence-electron chi connectivity index (χ0n) is 15.9. The summed E-state index contributed by atoms with van der Waals surface area (Å²) in [6.45, 7) is -0.0264. The van der Waals surface area contributed by atoms with Gasteiger partial charge in [0.15, 0.2) is 0 Å². The van der Waals surface area contributed by atoms with Crippen molar-refractivity contribution in [3.05, 3.63) is 88.0 Å². The molecule has 0 aliphatic carbocycles. The monoisotopic (exact) mass is 419 g/mol. The largest absolute Gasteiger partial charge is 0.632 e. The first-order chi connectivity index (χ1) is 15.0. The second-order valence-corrected chi connectivity index (χ2v) is 6.52. The van der Waals surface area contributed by atoms with Gasteiger partial charge in [0.25, 0.3) is 5.69 Å². The van der Waals surface area contributed by atoms with Crippen molar-refractivity contribution < 1.29 is 33.3 Å². The minimum Gasteiger partial charge on any atom is -0.519 e. The zero-order chi connectivity index (χ0) is 21.8. The van der Waals surface area contributed by atoms with Crippen molar-refractivity contribution in [2.45, 2.75) is 6.61 Å². The molecule has 0 saturated heterocycles. The van der Waals surface area contributed by atoms with E-state index in [0.29, 0.717) is 22.6 Å². The number of rotatable bonds is 6. The SMILES string of the molecule is O=Cc1ccc2c(c1)OB(c1ccc(COC(=O)Oc3ccc([N+](=O)[O-])cc3)cc1)O2. The Hall–Kier alpha value is -4.34. The second kappa shape index (κ2) is 8.58. The zero-order valence-corrected chi connectivity index (χ0v) is 15.9. The molecule has 0 fully saturated rings. The highest BCUT2D eigenvalue weighted by atomic mass is 16.7. The molecule has 0 aromatic heterocycles. The summed E-state index contributed by atoms with van der Waals surface area (Å²) in [7, 11) is -0.640. The smallest absolute Gasteiger partial charge is 0.519 e. The van der Waals surface area contributed by atoms with Crippen LogP contribution in [0.4, 0.5) is 10.5 Å². The lowest BCUT2D eigenvalue weighted by Crippen LogP contribution is -2.38. The van der Waals surface area contributed by atoms with Crippen molar-refractivity contribution in [1.82, 2.24) is 0 Å². The fourth-order valence-corrected chi connectivity index (χ4v) is 2.85. The number of hydrogen-bond donors (Lipinski definition) is 0. The summed E-state index contributed by atoms with van der Waals surface area (Å²) in [5.74, 6) is 1.19. The number of hydrogen-bond acceptors (Lipinski definition) is 8. The third-order valence-corrected chi connectivity index (χ3v) is 4.43. The second-order valence-electron chi connectivity index (χ2n) is 6.52. The van der Waals surface area contributed by atoms with Crippen molar-refractivity contribution >= 4 is 30.7 Å². The standard InChI is InChI=1S/C21H14BNO8/c24-12-15-3-10-19-20(11-15)31-22(30-19)16-4-1-14(2-5-16)13-28-21(25)29-18-8-6-17(7-9-18)23(26)27/h1-12H,13H2. The van der Waals surface area contributed by atoms with Gasteiger partial charge in [-0.05, 0) is 35.9 Å². The van der Waals surface area contributed by atoms with E-state index < -0.39 is 18.2 Å². The molecular weight excluding hydrogens is 405 g/mol. The van der Waals surface area contributed by atoms with Crippen LogP contribution in [0.5, 0.6) is 17.2 Å². The normalized spacial score (nSPS) is 11.7. The van der Waals surface area contributed by atoms with Crippen molar-refractivity contribution in [3.8, 4) is 17.2 Å². The van der Waals surface area contributed by atoms with Crippen LogP contribution in [0.15, 0.2) is 66.7 Å². The first kappa shape index (κ1) is 20.0. The Bertz CT molecular complexity index is 1130. The molecule has 0 spiro atoms. The average Bonchev–Trinajstić information content (AvgIpc) is 3.21. The Kier molecular flexibility index (Phi) is 5.52. The molecule has 154 valence electrons. The van der Waals surface area contributed by atoms with Crippen LogP contribution >= 0.6 is 0 Å². The Labute approximate surface area is 176 Å². The quantitative estimate of drug-likeness (QED) is 0.149. The Morgan fingerprint density at radius 1 is 1.00 bits per heavy atom. The number of fused-ring (bicyclic) bond motifs is 1. The van der Waals surface area contributed by atoms with Gasteiger partial charge in [-0.1, -0.05) is 24.3 Å². The van der Waals surface area contributed by atoms with Gasteiger partial charge in [-0.15, -0.1) is 0 Å². The van der Waals surface area contributed by atoms with E-state index in [4.69, 9.17) is 18.8 Å². The van der Waals surface area contributed by atoms with Crippen LogP contribution in [0, 0.1) is 10.1 Å². The van der Waals surface area contributed by atoms with Gasteiger partial charge in [-0.3, -0.25) is 14.9 Å². The van der Waals surface area contributed by atoms with E-state index in [0.717, 1.165) is 11.7 Å². The van der Waals surface area contributed by atoms with Crippen LogP contribution in [-0.4, -0.2) is 24.5 Å². The summed E-state index contributed by atoms with van der Waals surface area (Å²) in [5, 5.41) is 10.6. The molecule has 10 heteroatoms. The lowest BCUT2D eigenvalue weighted by molar-refractivity contribution is -0.384. The first-order valence-corrected chi connectivity index (χ1v) is 9.12. The summed E-state index contributed by atoms with van der Waals surface area (Å²) < 4.78 is 21.5. The highest BCUT2D eigenvalue weighted by molar-refractivity contribution is 6.63. The predicted octanol–water partition coefficient (Wildman–Crippen LogP) is 3.29. The van der Waals surface area contributed by atoms with E-state index in [9.17, 15) is 19.7 Å². The molecule has 0 saturated carbocycles. The van der Waals surface area contributed by atoms with Crippen molar-refractivity contribution in [2.24, 2.45) is 0 Å². The number of aldehydes is 1. The molecule has 0 N–H and O–H groups in total. The Morgan fingerprint density at radius 3 is 2.39 bits per heavy atom. The number of carbonyl (C=O) groups is 2. The summed E-state index contributed by atoms with van der Waals surface area (Å²) in [5.41, 5.74) is 1.85. The van der Waals surface area contributed by atoms with Gasteiger partial charge < -0.3 is 18.8 Å². The summed E-state index contributed by atoms with van der Waals surface area (Å²) >= 11 is 0. The van der Waals surface area contributed by atoms with Crippen LogP contribution in [0.25, 0.3) is 0 Å². The van der Waals surface area contributed by atoms with Gasteiger partial charge in [0.1, 0.15) is 30.1 Å². The van der Waals surface area contributed by atoms with Crippen LogP contribution < -0.4 is 19.5 Å². The number of benzene rings is 3. The maximum atomic E-state index is 11.8. The molecule has 0 atom stereocenters. The minimum atomic E-state index is -0.929. The average molecular weight is 419 g/mol. The predicted molar refractivity (Wildman–Crippen MR) is 109 cm³/mol. The van der Waals surface area contributed by atoms with Gasteiger partial charge in [-0.2, -0.15) is 0 Å². The van der Waals surface area contributed by atoms with Gasteiger partial charge in [0.05, 0.1) is 4.92 Å².